The quantitative estimate of drug-likeness (QED) is 0.753. The molecule has 1 aromatic heterocycles. The molecule has 0 bridgehead atoms. The minimum Gasteiger partial charge on any atom is -0.368 e. The average molecular weight is 372 g/mol. The Labute approximate surface area is 165 Å². The molecule has 142 valence electrons. The van der Waals surface area contributed by atoms with Crippen molar-refractivity contribution in [2.45, 2.75) is 25.7 Å². The second-order valence-electron chi connectivity index (χ2n) is 7.35. The number of aromatic nitrogens is 2. The minimum absolute atomic E-state index is 0.0957. The Balaban J connectivity index is 1.49. The first kappa shape index (κ1) is 18.2. The minimum atomic E-state index is 0.0957. The molecule has 0 spiro atoms. The van der Waals surface area contributed by atoms with E-state index in [9.17, 15) is 4.79 Å². The number of carbonyl (C=O) groups is 1. The van der Waals surface area contributed by atoms with Gasteiger partial charge in [0.05, 0.1) is 0 Å². The molecule has 5 heteroatoms. The highest BCUT2D eigenvalue weighted by Gasteiger charge is 2.26. The van der Waals surface area contributed by atoms with Crippen LogP contribution in [0.5, 0.6) is 0 Å². The van der Waals surface area contributed by atoms with Crippen molar-refractivity contribution in [2.24, 2.45) is 0 Å². The number of likely N-dealkylation sites (tertiary alicyclic amines) is 1. The number of rotatable bonds is 3. The van der Waals surface area contributed by atoms with Crippen LogP contribution in [0.4, 0.5) is 5.95 Å². The van der Waals surface area contributed by atoms with Gasteiger partial charge in [-0.3, -0.25) is 4.79 Å². The number of hydrogen-bond acceptors (Lipinski definition) is 4. The van der Waals surface area contributed by atoms with E-state index in [0.717, 1.165) is 37.1 Å². The lowest BCUT2D eigenvalue weighted by molar-refractivity contribution is 0.0707. The van der Waals surface area contributed by atoms with Gasteiger partial charge in [-0.25, -0.2) is 9.97 Å². The fourth-order valence-electron chi connectivity index (χ4n) is 3.94. The molecule has 1 atom stereocenters. The van der Waals surface area contributed by atoms with Crippen molar-refractivity contribution in [2.75, 3.05) is 18.8 Å². The molecule has 3 aromatic rings. The smallest absolute Gasteiger partial charge is 0.253 e. The van der Waals surface area contributed by atoms with Crippen molar-refractivity contribution >= 4 is 11.9 Å². The highest BCUT2D eigenvalue weighted by atomic mass is 16.2. The summed E-state index contributed by atoms with van der Waals surface area (Å²) in [4.78, 5) is 23.1. The Bertz CT molecular complexity index is 967. The maximum Gasteiger partial charge on any atom is 0.253 e. The van der Waals surface area contributed by atoms with Crippen molar-refractivity contribution in [3.05, 3.63) is 77.6 Å². The lowest BCUT2D eigenvalue weighted by atomic mass is 9.88. The normalized spacial score (nSPS) is 16.8. The van der Waals surface area contributed by atoms with Crippen LogP contribution in [0.2, 0.25) is 0 Å². The molecular weight excluding hydrogens is 348 g/mol. The number of nitrogens with zero attached hydrogens (tertiary/aromatic N) is 3. The van der Waals surface area contributed by atoms with E-state index in [0.29, 0.717) is 11.5 Å². The van der Waals surface area contributed by atoms with Gasteiger partial charge in [-0.15, -0.1) is 0 Å². The zero-order chi connectivity index (χ0) is 19.5. The molecule has 2 aromatic carbocycles. The molecule has 0 unspecified atom stereocenters. The lowest BCUT2D eigenvalue weighted by Gasteiger charge is -2.33. The molecule has 5 nitrogen and oxygen atoms in total. The van der Waals surface area contributed by atoms with Crippen LogP contribution in [-0.4, -0.2) is 33.9 Å². The van der Waals surface area contributed by atoms with E-state index in [1.807, 2.05) is 29.2 Å². The summed E-state index contributed by atoms with van der Waals surface area (Å²) in [6.45, 7) is 3.74. The molecule has 1 amide bonds. The zero-order valence-electron chi connectivity index (χ0n) is 16.0. The number of carbonyl (C=O) groups excluding carboxylic acids is 1. The highest BCUT2D eigenvalue weighted by Crippen LogP contribution is 2.30. The Hall–Kier alpha value is -3.21. The number of piperidine rings is 1. The summed E-state index contributed by atoms with van der Waals surface area (Å²) in [7, 11) is 0. The van der Waals surface area contributed by atoms with Crippen molar-refractivity contribution in [1.82, 2.24) is 14.9 Å². The van der Waals surface area contributed by atoms with Gasteiger partial charge >= 0.3 is 0 Å². The summed E-state index contributed by atoms with van der Waals surface area (Å²) < 4.78 is 0. The Morgan fingerprint density at radius 2 is 1.75 bits per heavy atom. The van der Waals surface area contributed by atoms with Crippen LogP contribution in [-0.2, 0) is 0 Å². The topological polar surface area (TPSA) is 72.1 Å². The van der Waals surface area contributed by atoms with Gasteiger partial charge in [0.1, 0.15) is 0 Å². The van der Waals surface area contributed by atoms with Crippen molar-refractivity contribution in [3.63, 3.8) is 0 Å². The molecule has 0 aliphatic carbocycles. The van der Waals surface area contributed by atoms with Gasteiger partial charge in [0.25, 0.3) is 5.91 Å². The van der Waals surface area contributed by atoms with Gasteiger partial charge in [0.2, 0.25) is 5.95 Å². The van der Waals surface area contributed by atoms with Crippen LogP contribution >= 0.6 is 0 Å². The van der Waals surface area contributed by atoms with Crippen molar-refractivity contribution in [1.29, 1.82) is 0 Å². The fourth-order valence-corrected chi connectivity index (χ4v) is 3.94. The molecule has 1 fully saturated rings. The molecule has 1 saturated heterocycles. The molecule has 2 heterocycles. The molecule has 2 N–H and O–H groups in total. The summed E-state index contributed by atoms with van der Waals surface area (Å²) >= 11 is 0. The molecule has 28 heavy (non-hydrogen) atoms. The third-order valence-corrected chi connectivity index (χ3v) is 5.47. The first-order valence-electron chi connectivity index (χ1n) is 9.64. The molecule has 0 saturated carbocycles. The number of nitrogen functional groups attached to an aromatic ring is 1. The Morgan fingerprint density at radius 1 is 1.04 bits per heavy atom. The van der Waals surface area contributed by atoms with Crippen molar-refractivity contribution in [3.8, 4) is 11.1 Å². The number of aryl methyl sites for hydroxylation is 1. The van der Waals surface area contributed by atoms with Crippen LogP contribution in [0.25, 0.3) is 11.1 Å². The second kappa shape index (κ2) is 7.80. The van der Waals surface area contributed by atoms with E-state index < -0.39 is 0 Å². The van der Waals surface area contributed by atoms with Gasteiger partial charge in [-0.2, -0.15) is 0 Å². The maximum absolute atomic E-state index is 13.0. The summed E-state index contributed by atoms with van der Waals surface area (Å²) in [5, 5.41) is 0. The third-order valence-electron chi connectivity index (χ3n) is 5.47. The third kappa shape index (κ3) is 3.74. The van der Waals surface area contributed by atoms with E-state index in [-0.39, 0.29) is 11.9 Å². The van der Waals surface area contributed by atoms with E-state index >= 15 is 0 Å². The molecule has 1 aliphatic rings. The molecule has 4 rings (SSSR count). The van der Waals surface area contributed by atoms with E-state index in [2.05, 4.69) is 41.2 Å². The number of anilines is 1. The summed E-state index contributed by atoms with van der Waals surface area (Å²) in [6.07, 6.45) is 5.55. The van der Waals surface area contributed by atoms with E-state index in [4.69, 9.17) is 5.73 Å². The van der Waals surface area contributed by atoms with Crippen LogP contribution in [0.15, 0.2) is 60.9 Å². The predicted octanol–water partition coefficient (Wildman–Crippen LogP) is 4.05. The first-order chi connectivity index (χ1) is 13.6. The standard InChI is InChI=1S/C23H24N4O/c1-16-5-2-3-7-21(16)19-6-4-12-27(15-19)22(28)18-10-8-17(9-11-18)20-13-25-23(24)26-14-20/h2-3,5,7-11,13-14,19H,4,6,12,15H2,1H3,(H2,24,25,26)/t19-/m1/s1. The van der Waals surface area contributed by atoms with Gasteiger partial charge in [-0.05, 0) is 48.6 Å². The summed E-state index contributed by atoms with van der Waals surface area (Å²) in [5.41, 5.74) is 10.8. The van der Waals surface area contributed by atoms with Crippen LogP contribution in [0, 0.1) is 6.92 Å². The number of benzene rings is 2. The molecular formula is C23H24N4O. The van der Waals surface area contributed by atoms with Gasteiger partial charge < -0.3 is 10.6 Å². The van der Waals surface area contributed by atoms with E-state index in [1.165, 1.54) is 11.1 Å². The largest absolute Gasteiger partial charge is 0.368 e. The molecule has 0 radical (unpaired) electrons. The van der Waals surface area contributed by atoms with Crippen LogP contribution in [0.3, 0.4) is 0 Å². The SMILES string of the molecule is Cc1ccccc1[C@@H]1CCCN(C(=O)c2ccc(-c3cnc(N)nc3)cc2)C1. The Morgan fingerprint density at radius 3 is 2.46 bits per heavy atom. The average Bonchev–Trinajstić information content (AvgIpc) is 2.74. The number of amides is 1. The van der Waals surface area contributed by atoms with Gasteiger partial charge in [-0.1, -0.05) is 36.4 Å². The molecule has 1 aliphatic heterocycles. The van der Waals surface area contributed by atoms with E-state index in [1.54, 1.807) is 12.4 Å². The summed E-state index contributed by atoms with van der Waals surface area (Å²) in [6, 6.07) is 16.1. The zero-order valence-corrected chi connectivity index (χ0v) is 16.0. The predicted molar refractivity (Wildman–Crippen MR) is 111 cm³/mol. The van der Waals surface area contributed by atoms with Crippen molar-refractivity contribution < 1.29 is 4.79 Å². The number of hydrogen-bond donors (Lipinski definition) is 1. The van der Waals surface area contributed by atoms with Crippen LogP contribution in [0.1, 0.15) is 40.2 Å². The maximum atomic E-state index is 13.0. The van der Waals surface area contributed by atoms with Gasteiger partial charge in [0, 0.05) is 42.5 Å². The monoisotopic (exact) mass is 372 g/mol. The van der Waals surface area contributed by atoms with Gasteiger partial charge in [0.15, 0.2) is 0 Å². The second-order valence-corrected chi connectivity index (χ2v) is 7.35. The Kier molecular flexibility index (Phi) is 5.06. The first-order valence-corrected chi connectivity index (χ1v) is 9.64. The number of nitrogens with two attached hydrogens (primary N) is 1. The highest BCUT2D eigenvalue weighted by molar-refractivity contribution is 5.94. The lowest BCUT2D eigenvalue weighted by Crippen LogP contribution is -2.39. The fraction of sp³-hybridized carbons (Fsp3) is 0.261. The summed E-state index contributed by atoms with van der Waals surface area (Å²) in [5.74, 6) is 0.757. The van der Waals surface area contributed by atoms with Crippen LogP contribution < -0.4 is 5.73 Å².